The van der Waals surface area contributed by atoms with Crippen molar-refractivity contribution in [2.45, 2.75) is 32.7 Å². The van der Waals surface area contributed by atoms with Gasteiger partial charge in [0.25, 0.3) is 0 Å². The molecular weight excluding hydrogens is 404 g/mol. The molecule has 1 aromatic heterocycles. The Labute approximate surface area is 187 Å². The van der Waals surface area contributed by atoms with E-state index in [2.05, 4.69) is 34.4 Å². The maximum absolute atomic E-state index is 13.0. The summed E-state index contributed by atoms with van der Waals surface area (Å²) in [5, 5.41) is 7.63. The number of likely N-dealkylation sites (tertiary alicyclic amines) is 1. The standard InChI is InChI=1S/C25H28N4O3/c1-17-5-8-20(9-6-17)29-24(14-18(2)27-29)26-25(30)16-28-11-3-4-21(28)19-7-10-22-23(15-19)32-13-12-31-22/h5-10,14-15,21H,3-4,11-13,16H2,1-2H3,(H,26,30). The van der Waals surface area contributed by atoms with E-state index in [0.29, 0.717) is 25.6 Å². The van der Waals surface area contributed by atoms with E-state index in [0.717, 1.165) is 42.3 Å². The molecule has 0 bridgehead atoms. The Balaban J connectivity index is 1.30. The average Bonchev–Trinajstić information content (AvgIpc) is 3.40. The van der Waals surface area contributed by atoms with Gasteiger partial charge in [-0.15, -0.1) is 0 Å². The monoisotopic (exact) mass is 432 g/mol. The van der Waals surface area contributed by atoms with Crippen LogP contribution in [0.1, 0.15) is 35.7 Å². The molecule has 32 heavy (non-hydrogen) atoms. The summed E-state index contributed by atoms with van der Waals surface area (Å²) < 4.78 is 13.2. The zero-order valence-corrected chi connectivity index (χ0v) is 18.5. The fraction of sp³-hybridized carbons (Fsp3) is 0.360. The second kappa shape index (κ2) is 8.67. The summed E-state index contributed by atoms with van der Waals surface area (Å²) in [6.07, 6.45) is 2.08. The second-order valence-electron chi connectivity index (χ2n) is 8.50. The van der Waals surface area contributed by atoms with Crippen LogP contribution in [0.2, 0.25) is 0 Å². The minimum Gasteiger partial charge on any atom is -0.486 e. The Morgan fingerprint density at radius 1 is 1.06 bits per heavy atom. The van der Waals surface area contributed by atoms with Crippen LogP contribution >= 0.6 is 0 Å². The molecule has 1 atom stereocenters. The van der Waals surface area contributed by atoms with Gasteiger partial charge < -0.3 is 14.8 Å². The van der Waals surface area contributed by atoms with E-state index in [-0.39, 0.29) is 11.9 Å². The van der Waals surface area contributed by atoms with Crippen LogP contribution in [0, 0.1) is 13.8 Å². The zero-order chi connectivity index (χ0) is 22.1. The number of rotatable bonds is 5. The van der Waals surface area contributed by atoms with Crippen LogP contribution in [0.3, 0.4) is 0 Å². The molecule has 1 N–H and O–H groups in total. The maximum atomic E-state index is 13.0. The molecular formula is C25H28N4O3. The molecule has 1 saturated heterocycles. The van der Waals surface area contributed by atoms with Gasteiger partial charge >= 0.3 is 0 Å². The lowest BCUT2D eigenvalue weighted by atomic mass is 10.0. The van der Waals surface area contributed by atoms with E-state index in [1.54, 1.807) is 4.68 Å². The van der Waals surface area contributed by atoms with E-state index in [1.807, 2.05) is 43.3 Å². The molecule has 5 rings (SSSR count). The van der Waals surface area contributed by atoms with Gasteiger partial charge in [0.15, 0.2) is 11.5 Å². The first kappa shape index (κ1) is 20.6. The summed E-state index contributed by atoms with van der Waals surface area (Å²) >= 11 is 0. The van der Waals surface area contributed by atoms with Crippen LogP contribution in [-0.2, 0) is 4.79 Å². The van der Waals surface area contributed by atoms with Crippen molar-refractivity contribution in [3.8, 4) is 17.2 Å². The summed E-state index contributed by atoms with van der Waals surface area (Å²) in [5.74, 6) is 2.23. The van der Waals surface area contributed by atoms with E-state index in [4.69, 9.17) is 9.47 Å². The van der Waals surface area contributed by atoms with Gasteiger partial charge in [-0.25, -0.2) is 4.68 Å². The molecule has 7 heteroatoms. The van der Waals surface area contributed by atoms with E-state index < -0.39 is 0 Å². The summed E-state index contributed by atoms with van der Waals surface area (Å²) in [6.45, 7) is 6.36. The third kappa shape index (κ3) is 4.21. The quantitative estimate of drug-likeness (QED) is 0.659. The number of nitrogens with one attached hydrogen (secondary N) is 1. The summed E-state index contributed by atoms with van der Waals surface area (Å²) in [4.78, 5) is 15.2. The highest BCUT2D eigenvalue weighted by Crippen LogP contribution is 2.38. The van der Waals surface area contributed by atoms with Gasteiger partial charge in [-0.3, -0.25) is 9.69 Å². The molecule has 2 aromatic carbocycles. The number of carbonyl (C=O) groups is 1. The number of fused-ring (bicyclic) bond motifs is 1. The molecule has 7 nitrogen and oxygen atoms in total. The number of hydrogen-bond acceptors (Lipinski definition) is 5. The lowest BCUT2D eigenvalue weighted by Gasteiger charge is -2.26. The Bertz CT molecular complexity index is 1120. The minimum atomic E-state index is -0.0392. The number of carbonyl (C=O) groups excluding carboxylic acids is 1. The number of aromatic nitrogens is 2. The second-order valence-corrected chi connectivity index (χ2v) is 8.50. The predicted octanol–water partition coefficient (Wildman–Crippen LogP) is 4.04. The normalized spacial score (nSPS) is 18.0. The van der Waals surface area contributed by atoms with Crippen molar-refractivity contribution < 1.29 is 14.3 Å². The van der Waals surface area contributed by atoms with Crippen molar-refractivity contribution in [2.75, 3.05) is 31.6 Å². The first-order valence-corrected chi connectivity index (χ1v) is 11.1. The molecule has 0 aliphatic carbocycles. The zero-order valence-electron chi connectivity index (χ0n) is 18.5. The van der Waals surface area contributed by atoms with Gasteiger partial charge in [0, 0.05) is 12.1 Å². The molecule has 3 heterocycles. The molecule has 166 valence electrons. The van der Waals surface area contributed by atoms with Crippen molar-refractivity contribution in [2.24, 2.45) is 0 Å². The van der Waals surface area contributed by atoms with Crippen molar-refractivity contribution >= 4 is 11.7 Å². The number of aryl methyl sites for hydroxylation is 2. The van der Waals surface area contributed by atoms with Crippen LogP contribution < -0.4 is 14.8 Å². The first-order chi connectivity index (χ1) is 15.6. The van der Waals surface area contributed by atoms with Crippen LogP contribution in [0.4, 0.5) is 5.82 Å². The minimum absolute atomic E-state index is 0.0392. The molecule has 1 amide bonds. The van der Waals surface area contributed by atoms with Crippen molar-refractivity contribution in [3.05, 3.63) is 65.4 Å². The number of hydrogen-bond donors (Lipinski definition) is 1. The third-order valence-corrected chi connectivity index (χ3v) is 6.04. The van der Waals surface area contributed by atoms with Gasteiger partial charge in [0.1, 0.15) is 19.0 Å². The number of anilines is 1. The number of nitrogens with zero attached hydrogens (tertiary/aromatic N) is 3. The van der Waals surface area contributed by atoms with Crippen LogP contribution in [0.25, 0.3) is 5.69 Å². The highest BCUT2D eigenvalue weighted by atomic mass is 16.6. The third-order valence-electron chi connectivity index (χ3n) is 6.04. The molecule has 2 aliphatic rings. The molecule has 2 aliphatic heterocycles. The van der Waals surface area contributed by atoms with Gasteiger partial charge in [-0.1, -0.05) is 23.8 Å². The SMILES string of the molecule is Cc1ccc(-n2nc(C)cc2NC(=O)CN2CCCC2c2ccc3c(c2)OCCO3)cc1. The average molecular weight is 433 g/mol. The van der Waals surface area contributed by atoms with Crippen molar-refractivity contribution in [3.63, 3.8) is 0 Å². The fourth-order valence-corrected chi connectivity index (χ4v) is 4.50. The van der Waals surface area contributed by atoms with Gasteiger partial charge in [-0.05, 0) is 63.1 Å². The molecule has 1 unspecified atom stereocenters. The molecule has 0 spiro atoms. The smallest absolute Gasteiger partial charge is 0.239 e. The molecule has 1 fully saturated rings. The highest BCUT2D eigenvalue weighted by molar-refractivity contribution is 5.91. The predicted molar refractivity (Wildman–Crippen MR) is 123 cm³/mol. The summed E-state index contributed by atoms with van der Waals surface area (Å²) in [5.41, 5.74) is 4.13. The van der Waals surface area contributed by atoms with Gasteiger partial charge in [0.05, 0.1) is 17.9 Å². The Morgan fingerprint density at radius 3 is 2.66 bits per heavy atom. The van der Waals surface area contributed by atoms with Crippen molar-refractivity contribution in [1.82, 2.24) is 14.7 Å². The van der Waals surface area contributed by atoms with Gasteiger partial charge in [0.2, 0.25) is 5.91 Å². The van der Waals surface area contributed by atoms with Crippen molar-refractivity contribution in [1.29, 1.82) is 0 Å². The largest absolute Gasteiger partial charge is 0.486 e. The van der Waals surface area contributed by atoms with E-state index in [9.17, 15) is 4.79 Å². The highest BCUT2D eigenvalue weighted by Gasteiger charge is 2.29. The maximum Gasteiger partial charge on any atom is 0.239 e. The summed E-state index contributed by atoms with van der Waals surface area (Å²) in [7, 11) is 0. The Kier molecular flexibility index (Phi) is 5.57. The Morgan fingerprint density at radius 2 is 1.84 bits per heavy atom. The topological polar surface area (TPSA) is 68.6 Å². The lowest BCUT2D eigenvalue weighted by Crippen LogP contribution is -2.33. The molecule has 0 radical (unpaired) electrons. The van der Waals surface area contributed by atoms with Crippen LogP contribution in [-0.4, -0.2) is 46.9 Å². The fourth-order valence-electron chi connectivity index (χ4n) is 4.50. The molecule has 0 saturated carbocycles. The van der Waals surface area contributed by atoms with Crippen LogP contribution in [0.5, 0.6) is 11.5 Å². The number of benzene rings is 2. The number of amides is 1. The van der Waals surface area contributed by atoms with E-state index >= 15 is 0 Å². The molecule has 3 aromatic rings. The summed E-state index contributed by atoms with van der Waals surface area (Å²) in [6, 6.07) is 16.3. The lowest BCUT2D eigenvalue weighted by molar-refractivity contribution is -0.117. The van der Waals surface area contributed by atoms with Gasteiger partial charge in [-0.2, -0.15) is 5.10 Å². The Hall–Kier alpha value is -3.32. The number of ether oxygens (including phenoxy) is 2. The first-order valence-electron chi connectivity index (χ1n) is 11.1. The van der Waals surface area contributed by atoms with E-state index in [1.165, 1.54) is 11.1 Å². The van der Waals surface area contributed by atoms with Crippen LogP contribution in [0.15, 0.2) is 48.5 Å².